The highest BCUT2D eigenvalue weighted by atomic mass is 35.5. The molecule has 0 aliphatic carbocycles. The quantitative estimate of drug-likeness (QED) is 0.196. The van der Waals surface area contributed by atoms with Crippen LogP contribution in [-0.2, 0) is 0 Å². The molecule has 5 aromatic rings. The van der Waals surface area contributed by atoms with E-state index in [9.17, 15) is 17.6 Å². The number of nitrogens with two attached hydrogens (primary N) is 1. The van der Waals surface area contributed by atoms with Crippen LogP contribution in [0.15, 0.2) is 55.0 Å². The van der Waals surface area contributed by atoms with Crippen molar-refractivity contribution in [2.24, 2.45) is 0 Å². The van der Waals surface area contributed by atoms with E-state index < -0.39 is 18.1 Å². The summed E-state index contributed by atoms with van der Waals surface area (Å²) in [5.41, 5.74) is 6.45. The van der Waals surface area contributed by atoms with Gasteiger partial charge in [-0.1, -0.05) is 29.3 Å². The van der Waals surface area contributed by atoms with Gasteiger partial charge in [0, 0.05) is 18.6 Å². The summed E-state index contributed by atoms with van der Waals surface area (Å²) in [4.78, 5) is 15.4. The molecule has 37 heavy (non-hydrogen) atoms. The van der Waals surface area contributed by atoms with Crippen molar-refractivity contribution < 1.29 is 17.6 Å². The Balaban J connectivity index is 0.000000301. The molecule has 0 saturated carbocycles. The lowest BCUT2D eigenvalue weighted by atomic mass is 10.3. The minimum Gasteiger partial charge on any atom is -0.396 e. The second-order valence-electron chi connectivity index (χ2n) is 7.47. The number of halogens is 6. The van der Waals surface area contributed by atoms with Gasteiger partial charge in [-0.25, -0.2) is 42.0 Å². The van der Waals surface area contributed by atoms with Crippen LogP contribution >= 0.6 is 23.2 Å². The first kappa shape index (κ1) is 26.0. The molecule has 0 bridgehead atoms. The summed E-state index contributed by atoms with van der Waals surface area (Å²) in [7, 11) is 0. The van der Waals surface area contributed by atoms with Gasteiger partial charge >= 0.3 is 0 Å². The molecule has 3 N–H and O–H groups in total. The lowest BCUT2D eigenvalue weighted by molar-refractivity contribution is 0.146. The normalized spacial score (nSPS) is 10.9. The fourth-order valence-electron chi connectivity index (χ4n) is 3.10. The highest BCUT2D eigenvalue weighted by Gasteiger charge is 2.16. The predicted octanol–water partition coefficient (Wildman–Crippen LogP) is 6.42. The van der Waals surface area contributed by atoms with Crippen molar-refractivity contribution in [3.63, 3.8) is 0 Å². The first-order valence-electron chi connectivity index (χ1n) is 10.4. The molecule has 0 aromatic carbocycles. The largest absolute Gasteiger partial charge is 0.396 e. The van der Waals surface area contributed by atoms with Gasteiger partial charge in [-0.2, -0.15) is 0 Å². The summed E-state index contributed by atoms with van der Waals surface area (Å²) in [6.07, 6.45) is 1.71. The Hall–Kier alpha value is -4.03. The fraction of sp³-hybridized carbons (Fsp3) is 0.0870. The number of anilines is 3. The zero-order valence-corrected chi connectivity index (χ0v) is 20.3. The third-order valence-electron chi connectivity index (χ3n) is 4.80. The van der Waals surface area contributed by atoms with Gasteiger partial charge in [0.05, 0.1) is 11.4 Å². The predicted molar refractivity (Wildman–Crippen MR) is 132 cm³/mol. The van der Waals surface area contributed by atoms with E-state index >= 15 is 0 Å². The van der Waals surface area contributed by atoms with E-state index in [2.05, 4.69) is 30.4 Å². The van der Waals surface area contributed by atoms with E-state index in [-0.39, 0.29) is 44.7 Å². The SMILES string of the molecule is Cc1cc2c(Nc3ccnc(Cl)c3F)nc(-c3cccc(C(F)F)n3)nn2c1.Nc1ccnc(Cl)c1F. The second-order valence-corrected chi connectivity index (χ2v) is 8.19. The zero-order valence-electron chi connectivity index (χ0n) is 18.8. The van der Waals surface area contributed by atoms with E-state index in [0.717, 1.165) is 5.56 Å². The standard InChI is InChI=1S/C18H12ClF3N6.C5H4ClFN2/c1-9-7-13-18(25-10-5-6-23-15(19)14(10)20)26-17(27-28(13)8-9)12-4-2-3-11(24-12)16(21)22;6-5-4(7)3(8)1-2-9-5/h2-8,16H,1H3,(H,23,25,26,27);1-2H,(H2,8,9). The molecule has 0 aliphatic heterocycles. The fourth-order valence-corrected chi connectivity index (χ4v) is 3.42. The van der Waals surface area contributed by atoms with Crippen molar-refractivity contribution in [3.8, 4) is 11.5 Å². The van der Waals surface area contributed by atoms with Crippen molar-refractivity contribution in [2.45, 2.75) is 13.3 Å². The molecule has 0 aliphatic rings. The molecule has 5 heterocycles. The molecular weight excluding hydrogens is 535 g/mol. The zero-order chi connectivity index (χ0) is 26.7. The summed E-state index contributed by atoms with van der Waals surface area (Å²) in [6, 6.07) is 8.76. The van der Waals surface area contributed by atoms with Crippen LogP contribution in [0.25, 0.3) is 17.0 Å². The Morgan fingerprint density at radius 1 is 0.973 bits per heavy atom. The van der Waals surface area contributed by atoms with Crippen LogP contribution in [0.2, 0.25) is 10.3 Å². The Kier molecular flexibility index (Phi) is 7.69. The number of pyridine rings is 3. The third kappa shape index (κ3) is 5.87. The number of aryl methyl sites for hydroxylation is 1. The molecule has 190 valence electrons. The molecule has 0 fully saturated rings. The van der Waals surface area contributed by atoms with Crippen molar-refractivity contribution >= 4 is 45.9 Å². The highest BCUT2D eigenvalue weighted by molar-refractivity contribution is 6.30. The number of alkyl halides is 2. The number of rotatable bonds is 4. The van der Waals surface area contributed by atoms with Crippen LogP contribution < -0.4 is 11.1 Å². The van der Waals surface area contributed by atoms with Gasteiger partial charge in [0.2, 0.25) is 5.82 Å². The average molecular weight is 551 g/mol. The van der Waals surface area contributed by atoms with Crippen LogP contribution in [0.4, 0.5) is 34.8 Å². The van der Waals surface area contributed by atoms with Gasteiger partial charge in [-0.3, -0.25) is 0 Å². The maximum absolute atomic E-state index is 14.3. The van der Waals surface area contributed by atoms with Crippen molar-refractivity contribution in [1.82, 2.24) is 29.5 Å². The minimum absolute atomic E-state index is 0.0231. The first-order chi connectivity index (χ1) is 17.6. The van der Waals surface area contributed by atoms with Gasteiger partial charge < -0.3 is 11.1 Å². The van der Waals surface area contributed by atoms with Gasteiger partial charge in [-0.05, 0) is 42.8 Å². The van der Waals surface area contributed by atoms with Crippen LogP contribution in [0.1, 0.15) is 17.7 Å². The lowest BCUT2D eigenvalue weighted by Crippen LogP contribution is -2.05. The van der Waals surface area contributed by atoms with E-state index in [0.29, 0.717) is 5.52 Å². The number of nitrogens with zero attached hydrogens (tertiary/aromatic N) is 6. The highest BCUT2D eigenvalue weighted by Crippen LogP contribution is 2.28. The Morgan fingerprint density at radius 3 is 2.35 bits per heavy atom. The maximum Gasteiger partial charge on any atom is 0.280 e. The van der Waals surface area contributed by atoms with E-state index in [4.69, 9.17) is 28.9 Å². The van der Waals surface area contributed by atoms with Crippen LogP contribution in [0.5, 0.6) is 0 Å². The topological polar surface area (TPSA) is 107 Å². The van der Waals surface area contributed by atoms with Gasteiger partial charge in [0.1, 0.15) is 16.9 Å². The van der Waals surface area contributed by atoms with Crippen LogP contribution in [0.3, 0.4) is 0 Å². The molecule has 0 radical (unpaired) electrons. The van der Waals surface area contributed by atoms with Gasteiger partial charge in [0.25, 0.3) is 6.43 Å². The van der Waals surface area contributed by atoms with Crippen molar-refractivity contribution in [1.29, 1.82) is 0 Å². The molecule has 0 spiro atoms. The van der Waals surface area contributed by atoms with Gasteiger partial charge in [0.15, 0.2) is 27.8 Å². The molecule has 5 rings (SSSR count). The Morgan fingerprint density at radius 2 is 1.68 bits per heavy atom. The molecule has 0 atom stereocenters. The van der Waals surface area contributed by atoms with Crippen LogP contribution in [0, 0.1) is 18.6 Å². The molecule has 0 amide bonds. The molecular formula is C23H16Cl2F4N8. The minimum atomic E-state index is -2.72. The monoisotopic (exact) mass is 550 g/mol. The number of hydrogen-bond donors (Lipinski definition) is 2. The van der Waals surface area contributed by atoms with Crippen molar-refractivity contribution in [3.05, 3.63) is 88.2 Å². The van der Waals surface area contributed by atoms with E-state index in [1.54, 1.807) is 12.3 Å². The van der Waals surface area contributed by atoms with Gasteiger partial charge in [-0.15, -0.1) is 5.10 Å². The summed E-state index contributed by atoms with van der Waals surface area (Å²) in [5, 5.41) is 6.74. The summed E-state index contributed by atoms with van der Waals surface area (Å²) in [6.45, 7) is 1.86. The summed E-state index contributed by atoms with van der Waals surface area (Å²) < 4.78 is 54.2. The number of hydrogen-bond acceptors (Lipinski definition) is 7. The number of nitrogens with one attached hydrogen (secondary N) is 1. The molecule has 8 nitrogen and oxygen atoms in total. The molecule has 5 aromatic heterocycles. The summed E-state index contributed by atoms with van der Waals surface area (Å²) >= 11 is 11.0. The van der Waals surface area contributed by atoms with E-state index in [1.807, 2.05) is 6.92 Å². The van der Waals surface area contributed by atoms with Crippen LogP contribution in [-0.4, -0.2) is 29.5 Å². The molecule has 0 saturated heterocycles. The Labute approximate surface area is 217 Å². The Bertz CT molecular complexity index is 1560. The smallest absolute Gasteiger partial charge is 0.280 e. The number of nitrogen functional groups attached to an aromatic ring is 1. The molecule has 0 unspecified atom stereocenters. The molecule has 14 heteroatoms. The lowest BCUT2D eigenvalue weighted by Gasteiger charge is -2.11. The van der Waals surface area contributed by atoms with E-state index in [1.165, 1.54) is 47.2 Å². The maximum atomic E-state index is 14.3. The average Bonchev–Trinajstić information content (AvgIpc) is 3.26. The number of fused-ring (bicyclic) bond motifs is 1. The second kappa shape index (κ2) is 10.9. The number of aromatic nitrogens is 6. The van der Waals surface area contributed by atoms with Crippen molar-refractivity contribution in [2.75, 3.05) is 11.1 Å². The summed E-state index contributed by atoms with van der Waals surface area (Å²) in [5.74, 6) is -1.01. The first-order valence-corrected chi connectivity index (χ1v) is 11.1. The third-order valence-corrected chi connectivity index (χ3v) is 5.33.